The minimum Gasteiger partial charge on any atom is -0.454 e. The van der Waals surface area contributed by atoms with Crippen molar-refractivity contribution in [1.29, 1.82) is 0 Å². The van der Waals surface area contributed by atoms with Gasteiger partial charge in [0.05, 0.1) is 0 Å². The molecule has 6 rings (SSSR count). The maximum atomic E-state index is 12.6. The lowest BCUT2D eigenvalue weighted by Crippen LogP contribution is -2.39. The molecule has 2 aromatic heterocycles. The number of likely N-dealkylation sites (tertiary alicyclic amines) is 1. The maximum Gasteiger partial charge on any atom is 0.231 e. The number of aryl methyl sites for hydroxylation is 1. The quantitative estimate of drug-likeness (QED) is 0.476. The largest absolute Gasteiger partial charge is 0.454 e. The lowest BCUT2D eigenvalue weighted by atomic mass is 9.93. The van der Waals surface area contributed by atoms with E-state index in [9.17, 15) is 4.79 Å². The van der Waals surface area contributed by atoms with Gasteiger partial charge in [0.15, 0.2) is 33.6 Å². The molecule has 3 aliphatic rings. The molecule has 2 unspecified atom stereocenters. The lowest BCUT2D eigenvalue weighted by molar-refractivity contribution is -0.134. The van der Waals surface area contributed by atoms with Crippen molar-refractivity contribution in [2.45, 2.75) is 49.2 Å². The molecular formula is C24H27BrN6O3S. The van der Waals surface area contributed by atoms with Crippen molar-refractivity contribution in [2.75, 3.05) is 25.6 Å². The number of piperidine rings is 1. The summed E-state index contributed by atoms with van der Waals surface area (Å²) in [5.41, 5.74) is 7.50. The van der Waals surface area contributed by atoms with Gasteiger partial charge in [0.2, 0.25) is 12.7 Å². The topological polar surface area (TPSA) is 108 Å². The molecule has 1 saturated heterocycles. The maximum absolute atomic E-state index is 12.6. The summed E-state index contributed by atoms with van der Waals surface area (Å²) in [7, 11) is 0. The highest BCUT2D eigenvalue weighted by Gasteiger charge is 2.42. The first-order valence-corrected chi connectivity index (χ1v) is 13.6. The predicted octanol–water partition coefficient (Wildman–Crippen LogP) is 4.34. The standard InChI is InChI=1S/C24H27BrN6O3S/c1-13-8-15(13)23(32)30-5-2-14(3-6-30)4-7-31-22-20(21(26)27-11-28-22)29-24(31)35-19-10-18-17(9-16(19)25)33-12-34-18/h9-11,13-15H,2-8,12H2,1H3,(H2,26,27,28). The van der Waals surface area contributed by atoms with Crippen LogP contribution < -0.4 is 15.2 Å². The number of halogens is 1. The summed E-state index contributed by atoms with van der Waals surface area (Å²) in [6.45, 7) is 4.88. The van der Waals surface area contributed by atoms with E-state index in [0.717, 1.165) is 77.0 Å². The minimum atomic E-state index is 0.227. The van der Waals surface area contributed by atoms with Gasteiger partial charge in [-0.25, -0.2) is 15.0 Å². The van der Waals surface area contributed by atoms with Crippen molar-refractivity contribution >= 4 is 50.6 Å². The van der Waals surface area contributed by atoms with E-state index in [2.05, 4.69) is 42.3 Å². The molecule has 1 aliphatic carbocycles. The molecule has 2 N–H and O–H groups in total. The highest BCUT2D eigenvalue weighted by molar-refractivity contribution is 9.10. The summed E-state index contributed by atoms with van der Waals surface area (Å²) in [5.74, 6) is 3.57. The van der Waals surface area contributed by atoms with Crippen LogP contribution in [0.25, 0.3) is 11.2 Å². The van der Waals surface area contributed by atoms with Crippen LogP contribution in [0.2, 0.25) is 0 Å². The summed E-state index contributed by atoms with van der Waals surface area (Å²) in [5, 5.41) is 0.808. The Bertz CT molecular complexity index is 1290. The molecule has 4 heterocycles. The van der Waals surface area contributed by atoms with Gasteiger partial charge < -0.3 is 24.7 Å². The molecule has 3 aromatic rings. The number of imidazole rings is 1. The van der Waals surface area contributed by atoms with Crippen LogP contribution in [0, 0.1) is 17.8 Å². The van der Waals surface area contributed by atoms with E-state index in [4.69, 9.17) is 20.2 Å². The van der Waals surface area contributed by atoms with Crippen LogP contribution >= 0.6 is 27.7 Å². The molecule has 35 heavy (non-hydrogen) atoms. The summed E-state index contributed by atoms with van der Waals surface area (Å²) >= 11 is 5.18. The van der Waals surface area contributed by atoms with Crippen molar-refractivity contribution in [2.24, 2.45) is 17.8 Å². The average molecular weight is 559 g/mol. The molecule has 0 spiro atoms. The zero-order valence-electron chi connectivity index (χ0n) is 19.4. The third-order valence-corrected chi connectivity index (χ3v) is 9.24. The zero-order chi connectivity index (χ0) is 24.1. The van der Waals surface area contributed by atoms with Crippen LogP contribution in [0.3, 0.4) is 0 Å². The number of nitrogens with zero attached hydrogens (tertiary/aromatic N) is 5. The second-order valence-electron chi connectivity index (χ2n) is 9.59. The van der Waals surface area contributed by atoms with Crippen LogP contribution in [0.5, 0.6) is 11.5 Å². The Morgan fingerprint density at radius 2 is 1.97 bits per heavy atom. The predicted molar refractivity (Wildman–Crippen MR) is 135 cm³/mol. The van der Waals surface area contributed by atoms with E-state index < -0.39 is 0 Å². The Labute approximate surface area is 215 Å². The van der Waals surface area contributed by atoms with Gasteiger partial charge in [0.25, 0.3) is 0 Å². The fourth-order valence-electron chi connectivity index (χ4n) is 4.94. The number of aromatic nitrogens is 4. The average Bonchev–Trinajstić information content (AvgIpc) is 3.24. The van der Waals surface area contributed by atoms with Crippen LogP contribution in [-0.2, 0) is 11.3 Å². The Morgan fingerprint density at radius 3 is 2.71 bits per heavy atom. The zero-order valence-corrected chi connectivity index (χ0v) is 21.8. The van der Waals surface area contributed by atoms with E-state index in [0.29, 0.717) is 29.1 Å². The molecule has 11 heteroatoms. The van der Waals surface area contributed by atoms with Gasteiger partial charge in [-0.05, 0) is 65.6 Å². The molecule has 9 nitrogen and oxygen atoms in total. The number of carbonyl (C=O) groups excluding carboxylic acids is 1. The molecule has 184 valence electrons. The number of benzene rings is 1. The van der Waals surface area contributed by atoms with Crippen LogP contribution in [0.15, 0.2) is 33.0 Å². The summed E-state index contributed by atoms with van der Waals surface area (Å²) in [6.07, 6.45) is 5.60. The number of anilines is 1. The number of amides is 1. The van der Waals surface area contributed by atoms with Crippen LogP contribution in [-0.4, -0.2) is 50.2 Å². The van der Waals surface area contributed by atoms with Crippen molar-refractivity contribution in [3.05, 3.63) is 22.9 Å². The number of hydrogen-bond acceptors (Lipinski definition) is 8. The van der Waals surface area contributed by atoms with Crippen LogP contribution in [0.4, 0.5) is 5.82 Å². The van der Waals surface area contributed by atoms with Crippen molar-refractivity contribution in [3.8, 4) is 11.5 Å². The first kappa shape index (κ1) is 22.9. The van der Waals surface area contributed by atoms with Gasteiger partial charge >= 0.3 is 0 Å². The second kappa shape index (κ2) is 9.16. The van der Waals surface area contributed by atoms with Gasteiger partial charge in [-0.2, -0.15) is 0 Å². The fourth-order valence-corrected chi connectivity index (χ4v) is 6.45. The Kier molecular flexibility index (Phi) is 6.00. The smallest absolute Gasteiger partial charge is 0.231 e. The van der Waals surface area contributed by atoms with E-state index in [1.807, 2.05) is 12.1 Å². The van der Waals surface area contributed by atoms with Gasteiger partial charge in [0.1, 0.15) is 6.33 Å². The monoisotopic (exact) mass is 558 g/mol. The molecule has 1 amide bonds. The van der Waals surface area contributed by atoms with Gasteiger partial charge in [-0.1, -0.05) is 18.7 Å². The number of nitrogens with two attached hydrogens (primary N) is 1. The molecule has 1 aromatic carbocycles. The SMILES string of the molecule is CC1CC1C(=O)N1CCC(CCn2c(Sc3cc4c(cc3Br)OCO4)nc3c(N)ncnc32)CC1. The number of hydrogen-bond donors (Lipinski definition) is 1. The normalized spacial score (nSPS) is 21.6. The number of nitrogen functional groups attached to an aromatic ring is 1. The van der Waals surface area contributed by atoms with Crippen LogP contribution in [0.1, 0.15) is 32.6 Å². The first-order chi connectivity index (χ1) is 17.0. The highest BCUT2D eigenvalue weighted by Crippen LogP contribution is 2.43. The molecule has 0 bridgehead atoms. The minimum absolute atomic E-state index is 0.227. The van der Waals surface area contributed by atoms with Crippen molar-refractivity contribution < 1.29 is 14.3 Å². The molecule has 0 radical (unpaired) electrons. The third-order valence-electron chi connectivity index (χ3n) is 7.27. The summed E-state index contributed by atoms with van der Waals surface area (Å²) in [6, 6.07) is 3.88. The van der Waals surface area contributed by atoms with E-state index >= 15 is 0 Å². The lowest BCUT2D eigenvalue weighted by Gasteiger charge is -2.32. The number of rotatable bonds is 6. The highest BCUT2D eigenvalue weighted by atomic mass is 79.9. The van der Waals surface area contributed by atoms with Crippen molar-refractivity contribution in [1.82, 2.24) is 24.4 Å². The Morgan fingerprint density at radius 1 is 1.23 bits per heavy atom. The van der Waals surface area contributed by atoms with Gasteiger partial charge in [-0.15, -0.1) is 0 Å². The van der Waals surface area contributed by atoms with Crippen molar-refractivity contribution in [3.63, 3.8) is 0 Å². The first-order valence-electron chi connectivity index (χ1n) is 12.0. The van der Waals surface area contributed by atoms with E-state index in [-0.39, 0.29) is 12.7 Å². The van der Waals surface area contributed by atoms with E-state index in [1.54, 1.807) is 0 Å². The van der Waals surface area contributed by atoms with E-state index in [1.165, 1.54) is 18.1 Å². The number of ether oxygens (including phenoxy) is 2. The number of carbonyl (C=O) groups is 1. The molecule has 2 atom stereocenters. The van der Waals surface area contributed by atoms with Gasteiger partial charge in [0, 0.05) is 34.9 Å². The third kappa shape index (κ3) is 4.44. The number of fused-ring (bicyclic) bond motifs is 2. The molecular weight excluding hydrogens is 532 g/mol. The fraction of sp³-hybridized carbons (Fsp3) is 0.500. The molecule has 2 fully saturated rings. The summed E-state index contributed by atoms with van der Waals surface area (Å²) in [4.78, 5) is 29.1. The Balaban J connectivity index is 1.19. The summed E-state index contributed by atoms with van der Waals surface area (Å²) < 4.78 is 14.1. The molecule has 1 saturated carbocycles. The van der Waals surface area contributed by atoms with Gasteiger partial charge in [-0.3, -0.25) is 4.79 Å². The second-order valence-corrected chi connectivity index (χ2v) is 11.5. The molecule has 2 aliphatic heterocycles. The Hall–Kier alpha value is -2.53.